The Kier molecular flexibility index (Phi) is 6.90. The highest BCUT2D eigenvalue weighted by atomic mass is 32.3. The van der Waals surface area contributed by atoms with Crippen molar-refractivity contribution in [1.82, 2.24) is 9.62 Å². The summed E-state index contributed by atoms with van der Waals surface area (Å²) in [7, 11) is -2.47. The van der Waals surface area contributed by atoms with Gasteiger partial charge in [-0.05, 0) is 61.6 Å². The fraction of sp³-hybridized carbons (Fsp3) is 0.478. The Labute approximate surface area is 188 Å². The van der Waals surface area contributed by atoms with Crippen LogP contribution in [0.15, 0.2) is 53.4 Å². The summed E-state index contributed by atoms with van der Waals surface area (Å²) in [5.74, 6) is 0.582. The van der Waals surface area contributed by atoms with Gasteiger partial charge in [-0.3, -0.25) is 9.62 Å². The van der Waals surface area contributed by atoms with Crippen molar-refractivity contribution in [2.24, 2.45) is 0 Å². The molecule has 2 atom stereocenters. The predicted molar refractivity (Wildman–Crippen MR) is 119 cm³/mol. The number of nitrogens with one attached hydrogen (secondary N) is 1. The van der Waals surface area contributed by atoms with Crippen LogP contribution in [0.5, 0.6) is 11.5 Å². The van der Waals surface area contributed by atoms with Gasteiger partial charge in [0.25, 0.3) is 0 Å². The molecule has 1 saturated heterocycles. The number of ether oxygens (including phenoxy) is 2. The SMILES string of the molecule is CS(O)(NC1CCN(Cc2ccc(OC3CCC3)cc2)C1)c1cccc(OC(F)(F)F)c1. The number of benzene rings is 2. The van der Waals surface area contributed by atoms with Crippen molar-refractivity contribution in [2.75, 3.05) is 19.3 Å². The fourth-order valence-corrected chi connectivity index (χ4v) is 5.66. The van der Waals surface area contributed by atoms with E-state index >= 15 is 0 Å². The minimum absolute atomic E-state index is 0.0495. The van der Waals surface area contributed by atoms with Crippen LogP contribution < -0.4 is 14.2 Å². The lowest BCUT2D eigenvalue weighted by Gasteiger charge is -2.34. The monoisotopic (exact) mass is 470 g/mol. The Morgan fingerprint density at radius 1 is 1.09 bits per heavy atom. The van der Waals surface area contributed by atoms with Gasteiger partial charge in [0, 0.05) is 36.8 Å². The maximum absolute atomic E-state index is 12.5. The zero-order chi connectivity index (χ0) is 22.8. The molecule has 0 radical (unpaired) electrons. The van der Waals surface area contributed by atoms with Crippen LogP contribution in [-0.4, -0.2) is 47.3 Å². The van der Waals surface area contributed by atoms with E-state index in [2.05, 4.69) is 26.5 Å². The predicted octanol–water partition coefficient (Wildman–Crippen LogP) is 5.56. The van der Waals surface area contributed by atoms with E-state index < -0.39 is 16.9 Å². The van der Waals surface area contributed by atoms with E-state index in [-0.39, 0.29) is 11.8 Å². The summed E-state index contributed by atoms with van der Waals surface area (Å²) >= 11 is 0. The molecule has 0 spiro atoms. The topological polar surface area (TPSA) is 54.0 Å². The maximum atomic E-state index is 12.5. The van der Waals surface area contributed by atoms with Crippen LogP contribution in [0.4, 0.5) is 13.2 Å². The van der Waals surface area contributed by atoms with E-state index in [1.165, 1.54) is 30.2 Å². The third-order valence-corrected chi connectivity index (χ3v) is 7.82. The molecule has 0 aromatic heterocycles. The molecule has 2 unspecified atom stereocenters. The molecule has 9 heteroatoms. The largest absolute Gasteiger partial charge is 0.573 e. The zero-order valence-electron chi connectivity index (χ0n) is 18.0. The summed E-state index contributed by atoms with van der Waals surface area (Å²) in [6, 6.07) is 13.8. The number of likely N-dealkylation sites (tertiary alicyclic amines) is 1. The van der Waals surface area contributed by atoms with Gasteiger partial charge < -0.3 is 14.0 Å². The van der Waals surface area contributed by atoms with E-state index in [1.54, 1.807) is 12.3 Å². The van der Waals surface area contributed by atoms with Gasteiger partial charge in [0.05, 0.1) is 6.10 Å². The summed E-state index contributed by atoms with van der Waals surface area (Å²) in [5.41, 5.74) is 1.20. The molecule has 32 heavy (non-hydrogen) atoms. The lowest BCUT2D eigenvalue weighted by Crippen LogP contribution is -2.34. The summed E-state index contributed by atoms with van der Waals surface area (Å²) in [6.45, 7) is 2.43. The van der Waals surface area contributed by atoms with E-state index in [1.807, 2.05) is 12.1 Å². The van der Waals surface area contributed by atoms with Gasteiger partial charge in [0.2, 0.25) is 0 Å². The minimum atomic E-state index is -4.76. The molecule has 2 N–H and O–H groups in total. The Morgan fingerprint density at radius 2 is 1.84 bits per heavy atom. The van der Waals surface area contributed by atoms with Crippen LogP contribution >= 0.6 is 10.5 Å². The molecule has 1 saturated carbocycles. The van der Waals surface area contributed by atoms with Gasteiger partial charge in [-0.15, -0.1) is 13.2 Å². The van der Waals surface area contributed by atoms with Crippen molar-refractivity contribution in [3.05, 3.63) is 54.1 Å². The minimum Gasteiger partial charge on any atom is -0.490 e. The van der Waals surface area contributed by atoms with Crippen molar-refractivity contribution < 1.29 is 27.2 Å². The first-order chi connectivity index (χ1) is 15.2. The third-order valence-electron chi connectivity index (χ3n) is 5.85. The van der Waals surface area contributed by atoms with Crippen molar-refractivity contribution >= 4 is 10.5 Å². The molecule has 1 aliphatic carbocycles. The van der Waals surface area contributed by atoms with Gasteiger partial charge in [-0.1, -0.05) is 28.7 Å². The molecule has 176 valence electrons. The fourth-order valence-electron chi connectivity index (χ4n) is 4.00. The highest BCUT2D eigenvalue weighted by Crippen LogP contribution is 2.47. The van der Waals surface area contributed by atoms with Crippen molar-refractivity contribution in [2.45, 2.75) is 55.6 Å². The molecule has 1 heterocycles. The van der Waals surface area contributed by atoms with Gasteiger partial charge in [-0.2, -0.15) is 0 Å². The first-order valence-corrected chi connectivity index (χ1v) is 12.8. The second-order valence-electron chi connectivity index (χ2n) is 8.55. The van der Waals surface area contributed by atoms with E-state index in [0.717, 1.165) is 44.6 Å². The number of hydrogen-bond acceptors (Lipinski definition) is 5. The molecular formula is C23H29F3N2O3S. The molecule has 1 aliphatic heterocycles. The smallest absolute Gasteiger partial charge is 0.490 e. The third kappa shape index (κ3) is 6.31. The van der Waals surface area contributed by atoms with Crippen LogP contribution in [-0.2, 0) is 6.54 Å². The number of hydrogen-bond donors (Lipinski definition) is 2. The average molecular weight is 471 g/mol. The molecule has 2 aromatic rings. The van der Waals surface area contributed by atoms with Crippen molar-refractivity contribution in [3.8, 4) is 11.5 Å². The Balaban J connectivity index is 1.30. The summed E-state index contributed by atoms with van der Waals surface area (Å²) in [4.78, 5) is 2.71. The number of halogens is 3. The van der Waals surface area contributed by atoms with Crippen LogP contribution in [0.2, 0.25) is 0 Å². The first-order valence-electron chi connectivity index (χ1n) is 10.8. The van der Waals surface area contributed by atoms with Crippen LogP contribution in [0.25, 0.3) is 0 Å². The summed E-state index contributed by atoms with van der Waals surface area (Å²) in [5, 5.41) is 0. The summed E-state index contributed by atoms with van der Waals surface area (Å²) < 4.78 is 61.7. The Hall–Kier alpha value is -1.94. The molecule has 2 aromatic carbocycles. The lowest BCUT2D eigenvalue weighted by molar-refractivity contribution is -0.274. The second-order valence-corrected chi connectivity index (χ2v) is 11.0. The average Bonchev–Trinajstić information content (AvgIpc) is 3.11. The number of rotatable bonds is 8. The standard InChI is InChI=1S/C23H29F3N2O3S/c1-32(29,22-7-3-6-21(14-22)31-23(24,25)26)27-18-12-13-28(16-18)15-17-8-10-20(11-9-17)30-19-4-2-5-19/h3,6-11,14,18-19,27,29H,2,4-5,12-13,15-16H2,1H3. The van der Waals surface area contributed by atoms with Gasteiger partial charge in [0.1, 0.15) is 11.5 Å². The molecule has 2 aliphatic rings. The maximum Gasteiger partial charge on any atom is 0.573 e. The van der Waals surface area contributed by atoms with Crippen LogP contribution in [0.1, 0.15) is 31.2 Å². The van der Waals surface area contributed by atoms with Crippen LogP contribution in [0, 0.1) is 0 Å². The van der Waals surface area contributed by atoms with Crippen LogP contribution in [0.3, 0.4) is 0 Å². The molecule has 0 bridgehead atoms. The molecular weight excluding hydrogens is 441 g/mol. The highest BCUT2D eigenvalue weighted by Gasteiger charge is 2.32. The number of alkyl halides is 3. The quantitative estimate of drug-likeness (QED) is 0.529. The molecule has 0 amide bonds. The Morgan fingerprint density at radius 3 is 2.50 bits per heavy atom. The normalized spacial score (nSPS) is 22.7. The van der Waals surface area contributed by atoms with Gasteiger partial charge in [0.15, 0.2) is 0 Å². The lowest BCUT2D eigenvalue weighted by atomic mass is 9.96. The molecule has 2 fully saturated rings. The number of nitrogens with zero attached hydrogens (tertiary/aromatic N) is 1. The van der Waals surface area contributed by atoms with E-state index in [9.17, 15) is 17.7 Å². The summed E-state index contributed by atoms with van der Waals surface area (Å²) in [6.07, 6.45) is 1.59. The zero-order valence-corrected chi connectivity index (χ0v) is 18.8. The van der Waals surface area contributed by atoms with E-state index in [0.29, 0.717) is 11.0 Å². The molecule has 4 rings (SSSR count). The van der Waals surface area contributed by atoms with Crippen molar-refractivity contribution in [3.63, 3.8) is 0 Å². The first kappa shape index (κ1) is 23.2. The Bertz CT molecular complexity index is 904. The molecule has 5 nitrogen and oxygen atoms in total. The second kappa shape index (κ2) is 9.51. The van der Waals surface area contributed by atoms with Gasteiger partial charge >= 0.3 is 6.36 Å². The van der Waals surface area contributed by atoms with Gasteiger partial charge in [-0.25, -0.2) is 0 Å². The van der Waals surface area contributed by atoms with Crippen molar-refractivity contribution in [1.29, 1.82) is 0 Å². The van der Waals surface area contributed by atoms with E-state index in [4.69, 9.17) is 4.74 Å². The highest BCUT2D eigenvalue weighted by molar-refractivity contribution is 8.27.